The molecule has 0 amide bonds. The van der Waals surface area contributed by atoms with Crippen molar-refractivity contribution in [1.29, 1.82) is 0 Å². The molecule has 0 radical (unpaired) electrons. The maximum atomic E-state index is 11.9. The van der Waals surface area contributed by atoms with Crippen LogP contribution in [0.1, 0.15) is 17.3 Å². The van der Waals surface area contributed by atoms with E-state index >= 15 is 0 Å². The van der Waals surface area contributed by atoms with E-state index in [1.165, 1.54) is 16.8 Å². The first kappa shape index (κ1) is 11.6. The van der Waals surface area contributed by atoms with E-state index in [1.54, 1.807) is 13.0 Å². The lowest BCUT2D eigenvalue weighted by atomic mass is 10.2. The van der Waals surface area contributed by atoms with Crippen molar-refractivity contribution in [1.82, 2.24) is 9.55 Å². The number of nitrogens with zero attached hydrogens (tertiary/aromatic N) is 2. The van der Waals surface area contributed by atoms with Gasteiger partial charge in [-0.15, -0.1) is 0 Å². The van der Waals surface area contributed by atoms with Crippen LogP contribution in [0.4, 0.5) is 0 Å². The zero-order valence-electron chi connectivity index (χ0n) is 8.98. The first-order chi connectivity index (χ1) is 8.04. The van der Waals surface area contributed by atoms with Gasteiger partial charge in [0.25, 0.3) is 5.56 Å². The third-order valence-corrected chi connectivity index (χ3v) is 2.70. The molecule has 0 bridgehead atoms. The fourth-order valence-corrected chi connectivity index (χ4v) is 1.87. The van der Waals surface area contributed by atoms with Crippen LogP contribution in [0.15, 0.2) is 23.1 Å². The maximum absolute atomic E-state index is 11.9. The van der Waals surface area contributed by atoms with Crippen LogP contribution in [0.3, 0.4) is 0 Å². The number of carboxylic acids is 1. The molecule has 2 aromatic heterocycles. The summed E-state index contributed by atoms with van der Waals surface area (Å²) in [5, 5.41) is 9.78. The van der Waals surface area contributed by atoms with Gasteiger partial charge in [-0.05, 0) is 19.1 Å². The average molecular weight is 253 g/mol. The highest BCUT2D eigenvalue weighted by Crippen LogP contribution is 2.16. The van der Waals surface area contributed by atoms with E-state index in [0.717, 1.165) is 0 Å². The van der Waals surface area contributed by atoms with Crippen LogP contribution in [-0.2, 0) is 6.54 Å². The molecular weight excluding hydrogens is 244 g/mol. The molecule has 0 spiro atoms. The Kier molecular flexibility index (Phi) is 2.85. The Morgan fingerprint density at radius 3 is 2.82 bits per heavy atom. The second kappa shape index (κ2) is 4.18. The Balaban J connectivity index is 2.94. The van der Waals surface area contributed by atoms with E-state index in [1.807, 2.05) is 0 Å². The number of pyridine rings is 2. The number of aryl methyl sites for hydroxylation is 1. The summed E-state index contributed by atoms with van der Waals surface area (Å²) >= 11 is 5.76. The van der Waals surface area contributed by atoms with Gasteiger partial charge in [-0.25, -0.2) is 9.78 Å². The van der Waals surface area contributed by atoms with E-state index < -0.39 is 11.5 Å². The normalized spacial score (nSPS) is 10.7. The molecule has 0 aliphatic heterocycles. The van der Waals surface area contributed by atoms with Gasteiger partial charge >= 0.3 is 5.97 Å². The molecule has 88 valence electrons. The monoisotopic (exact) mass is 252 g/mol. The standard InChI is InChI=1S/C11H9ClN2O3/c1-2-14-8-4-9(12)13-5-6(8)3-7(10(14)15)11(16)17/h3-5H,2H2,1H3,(H,16,17). The molecule has 0 saturated heterocycles. The Morgan fingerprint density at radius 1 is 1.53 bits per heavy atom. The fraction of sp³-hybridized carbons (Fsp3) is 0.182. The number of aromatic carboxylic acids is 1. The number of rotatable bonds is 2. The number of fused-ring (bicyclic) bond motifs is 1. The SMILES string of the molecule is CCn1c(=O)c(C(=O)O)cc2cnc(Cl)cc21. The highest BCUT2D eigenvalue weighted by atomic mass is 35.5. The minimum Gasteiger partial charge on any atom is -0.477 e. The first-order valence-corrected chi connectivity index (χ1v) is 5.34. The van der Waals surface area contributed by atoms with E-state index in [2.05, 4.69) is 4.98 Å². The van der Waals surface area contributed by atoms with Gasteiger partial charge in [0, 0.05) is 18.1 Å². The minimum atomic E-state index is -1.24. The number of halogens is 1. The Bertz CT molecular complexity index is 664. The van der Waals surface area contributed by atoms with Crippen molar-refractivity contribution < 1.29 is 9.90 Å². The van der Waals surface area contributed by atoms with Crippen molar-refractivity contribution in [3.63, 3.8) is 0 Å². The lowest BCUT2D eigenvalue weighted by Gasteiger charge is -2.09. The van der Waals surface area contributed by atoms with Crippen LogP contribution >= 0.6 is 11.6 Å². The first-order valence-electron chi connectivity index (χ1n) is 4.97. The second-order valence-electron chi connectivity index (χ2n) is 3.48. The quantitative estimate of drug-likeness (QED) is 0.827. The van der Waals surface area contributed by atoms with E-state index in [9.17, 15) is 9.59 Å². The van der Waals surface area contributed by atoms with Crippen LogP contribution < -0.4 is 5.56 Å². The third kappa shape index (κ3) is 1.89. The highest BCUT2D eigenvalue weighted by Gasteiger charge is 2.14. The van der Waals surface area contributed by atoms with E-state index in [0.29, 0.717) is 17.4 Å². The highest BCUT2D eigenvalue weighted by molar-refractivity contribution is 6.30. The van der Waals surface area contributed by atoms with E-state index in [4.69, 9.17) is 16.7 Å². The molecule has 0 aliphatic carbocycles. The Hall–Kier alpha value is -1.88. The van der Waals surface area contributed by atoms with Gasteiger partial charge in [-0.3, -0.25) is 4.79 Å². The van der Waals surface area contributed by atoms with Gasteiger partial charge < -0.3 is 9.67 Å². The molecule has 2 rings (SSSR count). The summed E-state index contributed by atoms with van der Waals surface area (Å²) in [5.41, 5.74) is -0.208. The summed E-state index contributed by atoms with van der Waals surface area (Å²) in [7, 11) is 0. The van der Waals surface area contributed by atoms with Crippen molar-refractivity contribution in [2.75, 3.05) is 0 Å². The fourth-order valence-electron chi connectivity index (χ4n) is 1.71. The second-order valence-corrected chi connectivity index (χ2v) is 3.87. The lowest BCUT2D eigenvalue weighted by Crippen LogP contribution is -2.26. The molecular formula is C11H9ClN2O3. The van der Waals surface area contributed by atoms with Gasteiger partial charge in [0.05, 0.1) is 5.52 Å². The largest absolute Gasteiger partial charge is 0.477 e. The number of aromatic nitrogens is 2. The molecule has 2 aromatic rings. The summed E-state index contributed by atoms with van der Waals surface area (Å²) in [6, 6.07) is 2.86. The molecule has 0 unspecified atom stereocenters. The number of carbonyl (C=O) groups is 1. The third-order valence-electron chi connectivity index (χ3n) is 2.49. The predicted octanol–water partition coefficient (Wildman–Crippen LogP) is 1.77. The molecule has 1 N–H and O–H groups in total. The number of carboxylic acid groups (broad SMARTS) is 1. The summed E-state index contributed by atoms with van der Waals surface area (Å²) in [4.78, 5) is 26.7. The molecule has 0 atom stereocenters. The molecule has 0 saturated carbocycles. The topological polar surface area (TPSA) is 72.2 Å². The Morgan fingerprint density at radius 2 is 2.24 bits per heavy atom. The molecule has 17 heavy (non-hydrogen) atoms. The number of hydrogen-bond donors (Lipinski definition) is 1. The van der Waals surface area contributed by atoms with Gasteiger partial charge in [-0.2, -0.15) is 0 Å². The van der Waals surface area contributed by atoms with Gasteiger partial charge in [0.15, 0.2) is 0 Å². The zero-order valence-corrected chi connectivity index (χ0v) is 9.73. The summed E-state index contributed by atoms with van der Waals surface area (Å²) in [5.74, 6) is -1.24. The van der Waals surface area contributed by atoms with Crippen LogP contribution in [0, 0.1) is 0 Å². The van der Waals surface area contributed by atoms with Crippen LogP contribution in [-0.4, -0.2) is 20.6 Å². The summed E-state index contributed by atoms with van der Waals surface area (Å²) in [6.07, 6.45) is 1.45. The molecule has 0 aromatic carbocycles. The zero-order chi connectivity index (χ0) is 12.6. The van der Waals surface area contributed by atoms with Gasteiger partial charge in [0.2, 0.25) is 0 Å². The van der Waals surface area contributed by atoms with Crippen molar-refractivity contribution >= 4 is 28.5 Å². The van der Waals surface area contributed by atoms with Gasteiger partial charge in [0.1, 0.15) is 10.7 Å². The molecule has 0 aliphatic rings. The molecule has 5 nitrogen and oxygen atoms in total. The van der Waals surface area contributed by atoms with Crippen molar-refractivity contribution in [2.45, 2.75) is 13.5 Å². The average Bonchev–Trinajstić information content (AvgIpc) is 2.28. The molecule has 2 heterocycles. The maximum Gasteiger partial charge on any atom is 0.341 e. The van der Waals surface area contributed by atoms with Crippen LogP contribution in [0.5, 0.6) is 0 Å². The number of hydrogen-bond acceptors (Lipinski definition) is 3. The lowest BCUT2D eigenvalue weighted by molar-refractivity contribution is 0.0694. The van der Waals surface area contributed by atoms with Crippen molar-refractivity contribution in [3.05, 3.63) is 39.4 Å². The Labute approximate surface area is 101 Å². The molecule has 0 fully saturated rings. The smallest absolute Gasteiger partial charge is 0.341 e. The van der Waals surface area contributed by atoms with E-state index in [-0.39, 0.29) is 10.7 Å². The molecule has 6 heteroatoms. The van der Waals surface area contributed by atoms with Crippen molar-refractivity contribution in [2.24, 2.45) is 0 Å². The summed E-state index contributed by atoms with van der Waals surface area (Å²) in [6.45, 7) is 2.14. The minimum absolute atomic E-state index is 0.261. The van der Waals surface area contributed by atoms with Crippen LogP contribution in [0.25, 0.3) is 10.9 Å². The summed E-state index contributed by atoms with van der Waals surface area (Å²) < 4.78 is 1.37. The van der Waals surface area contributed by atoms with Crippen LogP contribution in [0.2, 0.25) is 5.15 Å². The predicted molar refractivity (Wildman–Crippen MR) is 63.6 cm³/mol. The van der Waals surface area contributed by atoms with Crippen molar-refractivity contribution in [3.8, 4) is 0 Å². The van der Waals surface area contributed by atoms with Gasteiger partial charge in [-0.1, -0.05) is 11.6 Å².